The van der Waals surface area contributed by atoms with Gasteiger partial charge in [-0.15, -0.1) is 0 Å². The topological polar surface area (TPSA) is 38.3 Å². The van der Waals surface area contributed by atoms with E-state index in [4.69, 9.17) is 4.74 Å². The molecule has 21 heavy (non-hydrogen) atoms. The van der Waals surface area contributed by atoms with E-state index in [1.165, 1.54) is 5.56 Å². The van der Waals surface area contributed by atoms with Gasteiger partial charge in [0.2, 0.25) is 0 Å². The number of carbonyl (C=O) groups is 1. The largest absolute Gasteiger partial charge is 0.488 e. The molecule has 0 bridgehead atoms. The van der Waals surface area contributed by atoms with Crippen LogP contribution in [0.15, 0.2) is 46.9 Å². The van der Waals surface area contributed by atoms with Gasteiger partial charge in [0.1, 0.15) is 11.9 Å². The van der Waals surface area contributed by atoms with E-state index in [9.17, 15) is 4.79 Å². The molecule has 0 aromatic heterocycles. The Labute approximate surface area is 132 Å². The van der Waals surface area contributed by atoms with Crippen LogP contribution in [0.5, 0.6) is 5.75 Å². The van der Waals surface area contributed by atoms with Crippen molar-refractivity contribution in [1.29, 1.82) is 0 Å². The first-order chi connectivity index (χ1) is 10.1. The van der Waals surface area contributed by atoms with Gasteiger partial charge in [-0.1, -0.05) is 29.8 Å². The quantitative estimate of drug-likeness (QED) is 0.924. The zero-order chi connectivity index (χ0) is 14.8. The third-order valence-corrected chi connectivity index (χ3v) is 4.26. The molecule has 1 heterocycles. The third kappa shape index (κ3) is 3.10. The highest BCUT2D eigenvalue weighted by Crippen LogP contribution is 2.27. The van der Waals surface area contributed by atoms with Crippen molar-refractivity contribution < 1.29 is 9.53 Å². The molecular formula is C17H16BrNO2. The Morgan fingerprint density at radius 1 is 1.33 bits per heavy atom. The second-order valence-electron chi connectivity index (χ2n) is 5.25. The molecule has 1 amide bonds. The van der Waals surface area contributed by atoms with Crippen molar-refractivity contribution in [1.82, 2.24) is 5.32 Å². The second kappa shape index (κ2) is 5.90. The summed E-state index contributed by atoms with van der Waals surface area (Å²) in [4.78, 5) is 12.3. The van der Waals surface area contributed by atoms with Gasteiger partial charge in [-0.05, 0) is 46.6 Å². The zero-order valence-corrected chi connectivity index (χ0v) is 13.3. The van der Waals surface area contributed by atoms with E-state index in [-0.39, 0.29) is 12.0 Å². The van der Waals surface area contributed by atoms with Crippen LogP contribution in [-0.4, -0.2) is 18.6 Å². The van der Waals surface area contributed by atoms with E-state index in [0.717, 1.165) is 22.2 Å². The number of fused-ring (bicyclic) bond motifs is 1. The molecule has 1 N–H and O–H groups in total. The van der Waals surface area contributed by atoms with Crippen LogP contribution >= 0.6 is 15.9 Å². The fourth-order valence-electron chi connectivity index (χ4n) is 2.48. The zero-order valence-electron chi connectivity index (χ0n) is 11.7. The number of carbonyl (C=O) groups excluding carboxylic acids is 1. The van der Waals surface area contributed by atoms with Gasteiger partial charge < -0.3 is 10.1 Å². The lowest BCUT2D eigenvalue weighted by Crippen LogP contribution is -2.34. The monoisotopic (exact) mass is 345 g/mol. The summed E-state index contributed by atoms with van der Waals surface area (Å²) in [7, 11) is 0. The van der Waals surface area contributed by atoms with Gasteiger partial charge in [0.25, 0.3) is 5.91 Å². The molecule has 1 unspecified atom stereocenters. The van der Waals surface area contributed by atoms with Crippen LogP contribution in [0, 0.1) is 6.92 Å². The minimum atomic E-state index is -0.0786. The maximum Gasteiger partial charge on any atom is 0.252 e. The first-order valence-corrected chi connectivity index (χ1v) is 7.71. The minimum Gasteiger partial charge on any atom is -0.488 e. The summed E-state index contributed by atoms with van der Waals surface area (Å²) in [6, 6.07) is 13.7. The molecule has 3 rings (SSSR count). The van der Waals surface area contributed by atoms with Gasteiger partial charge in [0, 0.05) is 10.9 Å². The minimum absolute atomic E-state index is 0.00920. The van der Waals surface area contributed by atoms with Crippen molar-refractivity contribution in [2.45, 2.75) is 19.4 Å². The average molecular weight is 346 g/mol. The summed E-state index contributed by atoms with van der Waals surface area (Å²) in [5, 5.41) is 2.95. The van der Waals surface area contributed by atoms with Crippen LogP contribution in [0.3, 0.4) is 0 Å². The number of para-hydroxylation sites is 1. The highest BCUT2D eigenvalue weighted by molar-refractivity contribution is 9.10. The molecule has 3 nitrogen and oxygen atoms in total. The normalized spacial score (nSPS) is 16.2. The smallest absolute Gasteiger partial charge is 0.252 e. The number of rotatable bonds is 3. The number of ether oxygens (including phenoxy) is 1. The highest BCUT2D eigenvalue weighted by atomic mass is 79.9. The molecule has 0 aliphatic carbocycles. The van der Waals surface area contributed by atoms with Crippen molar-refractivity contribution in [2.75, 3.05) is 6.54 Å². The van der Waals surface area contributed by atoms with E-state index < -0.39 is 0 Å². The fraction of sp³-hybridized carbons (Fsp3) is 0.235. The van der Waals surface area contributed by atoms with E-state index in [0.29, 0.717) is 12.1 Å². The van der Waals surface area contributed by atoms with Gasteiger partial charge in [0.15, 0.2) is 0 Å². The number of benzene rings is 2. The van der Waals surface area contributed by atoms with E-state index >= 15 is 0 Å². The summed E-state index contributed by atoms with van der Waals surface area (Å²) >= 11 is 3.42. The fourth-order valence-corrected chi connectivity index (χ4v) is 2.91. The van der Waals surface area contributed by atoms with Crippen LogP contribution < -0.4 is 10.1 Å². The number of halogens is 1. The van der Waals surface area contributed by atoms with Gasteiger partial charge in [0.05, 0.1) is 12.1 Å². The Hall–Kier alpha value is -1.81. The number of amides is 1. The molecule has 0 saturated heterocycles. The van der Waals surface area contributed by atoms with E-state index in [1.807, 2.05) is 43.3 Å². The molecule has 0 radical (unpaired) electrons. The highest BCUT2D eigenvalue weighted by Gasteiger charge is 2.23. The number of aryl methyl sites for hydroxylation is 1. The molecule has 4 heteroatoms. The number of hydrogen-bond acceptors (Lipinski definition) is 2. The maximum atomic E-state index is 12.3. The molecule has 108 valence electrons. The molecular weight excluding hydrogens is 330 g/mol. The summed E-state index contributed by atoms with van der Waals surface area (Å²) in [5.41, 5.74) is 2.92. The lowest BCUT2D eigenvalue weighted by molar-refractivity contribution is 0.0932. The summed E-state index contributed by atoms with van der Waals surface area (Å²) in [5.74, 6) is 0.846. The number of hydrogen-bond donors (Lipinski definition) is 1. The van der Waals surface area contributed by atoms with Crippen molar-refractivity contribution in [2.24, 2.45) is 0 Å². The van der Waals surface area contributed by atoms with Crippen molar-refractivity contribution in [3.63, 3.8) is 0 Å². The molecule has 0 fully saturated rings. The molecule has 1 aliphatic rings. The van der Waals surface area contributed by atoms with Gasteiger partial charge >= 0.3 is 0 Å². The Morgan fingerprint density at radius 3 is 2.95 bits per heavy atom. The predicted molar refractivity (Wildman–Crippen MR) is 85.8 cm³/mol. The Kier molecular flexibility index (Phi) is 3.97. The van der Waals surface area contributed by atoms with E-state index in [2.05, 4.69) is 27.3 Å². The molecule has 2 aromatic carbocycles. The van der Waals surface area contributed by atoms with Crippen molar-refractivity contribution >= 4 is 21.8 Å². The molecule has 0 saturated carbocycles. The molecule has 2 aromatic rings. The lowest BCUT2D eigenvalue weighted by atomic mass is 10.1. The molecule has 1 aliphatic heterocycles. The summed E-state index contributed by atoms with van der Waals surface area (Å²) < 4.78 is 6.63. The molecule has 1 atom stereocenters. The Balaban J connectivity index is 1.61. The first-order valence-electron chi connectivity index (χ1n) is 6.92. The number of nitrogens with one attached hydrogen (secondary N) is 1. The Bertz CT molecular complexity index is 659. The third-order valence-electron chi connectivity index (χ3n) is 3.57. The van der Waals surface area contributed by atoms with Gasteiger partial charge in [-0.2, -0.15) is 0 Å². The van der Waals surface area contributed by atoms with Crippen LogP contribution in [0.2, 0.25) is 0 Å². The molecule has 0 spiro atoms. The van der Waals surface area contributed by atoms with E-state index in [1.54, 1.807) is 0 Å². The lowest BCUT2D eigenvalue weighted by Gasteiger charge is -2.13. The average Bonchev–Trinajstić information content (AvgIpc) is 2.90. The maximum absolute atomic E-state index is 12.3. The van der Waals surface area contributed by atoms with Crippen LogP contribution in [-0.2, 0) is 6.42 Å². The van der Waals surface area contributed by atoms with Crippen LogP contribution in [0.4, 0.5) is 0 Å². The summed E-state index contributed by atoms with van der Waals surface area (Å²) in [6.07, 6.45) is 0.848. The standard InChI is InChI=1S/C17H16BrNO2/c1-11-6-7-15(18)14(8-11)17(20)19-10-13-9-12-4-2-3-5-16(12)21-13/h2-8,13H,9-10H2,1H3,(H,19,20). The SMILES string of the molecule is Cc1ccc(Br)c(C(=O)NCC2Cc3ccccc3O2)c1. The van der Waals surface area contributed by atoms with Gasteiger partial charge in [-0.3, -0.25) is 4.79 Å². The Morgan fingerprint density at radius 2 is 2.14 bits per heavy atom. The van der Waals surface area contributed by atoms with Crippen molar-refractivity contribution in [3.8, 4) is 5.75 Å². The predicted octanol–water partition coefficient (Wildman–Crippen LogP) is 3.49. The van der Waals surface area contributed by atoms with Crippen LogP contribution in [0.1, 0.15) is 21.5 Å². The summed E-state index contributed by atoms with van der Waals surface area (Å²) in [6.45, 7) is 2.48. The first kappa shape index (κ1) is 14.1. The van der Waals surface area contributed by atoms with Gasteiger partial charge in [-0.25, -0.2) is 0 Å². The van der Waals surface area contributed by atoms with Crippen molar-refractivity contribution in [3.05, 3.63) is 63.6 Å². The second-order valence-corrected chi connectivity index (χ2v) is 6.10. The van der Waals surface area contributed by atoms with Crippen LogP contribution in [0.25, 0.3) is 0 Å².